The Labute approximate surface area is 202 Å². The molecule has 1 fully saturated rings. The van der Waals surface area contributed by atoms with Gasteiger partial charge < -0.3 is 15.5 Å². The highest BCUT2D eigenvalue weighted by molar-refractivity contribution is 7.89. The van der Waals surface area contributed by atoms with Crippen LogP contribution in [-0.2, 0) is 14.8 Å². The minimum atomic E-state index is -3.59. The number of hydrogen-bond acceptors (Lipinski definition) is 5. The molecule has 2 aromatic carbocycles. The van der Waals surface area contributed by atoms with Crippen molar-refractivity contribution in [3.05, 3.63) is 53.6 Å². The second kappa shape index (κ2) is 10.6. The molecule has 0 bridgehead atoms. The molecule has 0 saturated carbocycles. The molecule has 1 heterocycles. The van der Waals surface area contributed by atoms with Crippen LogP contribution in [0, 0.1) is 18.8 Å². The van der Waals surface area contributed by atoms with Gasteiger partial charge in [0, 0.05) is 44.1 Å². The maximum Gasteiger partial charge on any atom is 0.253 e. The molecule has 2 unspecified atom stereocenters. The van der Waals surface area contributed by atoms with Crippen molar-refractivity contribution in [3.63, 3.8) is 0 Å². The molecule has 9 heteroatoms. The molecule has 0 aromatic heterocycles. The number of amides is 2. The molecule has 1 saturated heterocycles. The smallest absolute Gasteiger partial charge is 0.253 e. The van der Waals surface area contributed by atoms with Gasteiger partial charge in [0.1, 0.15) is 0 Å². The fourth-order valence-corrected chi connectivity index (χ4v) is 5.23. The average molecular weight is 487 g/mol. The lowest BCUT2D eigenvalue weighted by molar-refractivity contribution is -0.114. The zero-order valence-corrected chi connectivity index (χ0v) is 21.3. The quantitative estimate of drug-likeness (QED) is 0.625. The number of aryl methyl sites for hydroxylation is 1. The number of hydrogen-bond donors (Lipinski definition) is 2. The largest absolute Gasteiger partial charge is 0.376 e. The molecule has 8 nitrogen and oxygen atoms in total. The highest BCUT2D eigenvalue weighted by Gasteiger charge is 2.26. The summed E-state index contributed by atoms with van der Waals surface area (Å²) in [4.78, 5) is 27.6. The first-order chi connectivity index (χ1) is 16.0. The Balaban J connectivity index is 1.66. The second-order valence-electron chi connectivity index (χ2n) is 9.40. The zero-order valence-electron chi connectivity index (χ0n) is 20.5. The van der Waals surface area contributed by atoms with Crippen LogP contribution in [0.1, 0.15) is 36.2 Å². The fraction of sp³-hybridized carbons (Fsp3) is 0.440. The molecular formula is C25H34N4O4S. The summed E-state index contributed by atoms with van der Waals surface area (Å²) in [5.74, 6) is 0.635. The molecule has 2 N–H and O–H groups in total. The van der Waals surface area contributed by atoms with Gasteiger partial charge in [0.25, 0.3) is 5.91 Å². The number of carbonyl (C=O) groups excluding carboxylic acids is 2. The minimum Gasteiger partial charge on any atom is -0.376 e. The van der Waals surface area contributed by atoms with E-state index < -0.39 is 10.0 Å². The van der Waals surface area contributed by atoms with E-state index in [1.54, 1.807) is 18.2 Å². The van der Waals surface area contributed by atoms with E-state index in [1.807, 2.05) is 24.0 Å². The van der Waals surface area contributed by atoms with Crippen molar-refractivity contribution in [1.82, 2.24) is 9.21 Å². The van der Waals surface area contributed by atoms with E-state index in [4.69, 9.17) is 0 Å². The molecule has 3 rings (SSSR count). The number of carbonyl (C=O) groups is 2. The lowest BCUT2D eigenvalue weighted by atomic mass is 9.91. The molecule has 34 heavy (non-hydrogen) atoms. The maximum absolute atomic E-state index is 13.1. The summed E-state index contributed by atoms with van der Waals surface area (Å²) in [5, 5.41) is 5.82. The molecule has 184 valence electrons. The number of anilines is 2. The highest BCUT2D eigenvalue weighted by Crippen LogP contribution is 2.24. The Morgan fingerprint density at radius 1 is 1.06 bits per heavy atom. The molecule has 0 aliphatic carbocycles. The third kappa shape index (κ3) is 6.15. The van der Waals surface area contributed by atoms with E-state index in [0.717, 1.165) is 29.4 Å². The summed E-state index contributed by atoms with van der Waals surface area (Å²) in [5.41, 5.74) is 2.62. The van der Waals surface area contributed by atoms with Gasteiger partial charge in [-0.2, -0.15) is 0 Å². The standard InChI is InChI=1S/C25H34N4O4S/c1-17-11-18(2)16-29(15-17)25(31)20-10-9-19(3)23(12-20)26-14-24(30)27-21-7-6-8-22(13-21)34(32,33)28(4)5/h6-10,12-13,17-18,26H,11,14-16H2,1-5H3,(H,27,30). The Kier molecular flexibility index (Phi) is 7.99. The third-order valence-electron chi connectivity index (χ3n) is 5.98. The molecular weight excluding hydrogens is 452 g/mol. The second-order valence-corrected chi connectivity index (χ2v) is 11.6. The first-order valence-corrected chi connectivity index (χ1v) is 12.9. The lowest BCUT2D eigenvalue weighted by Crippen LogP contribution is -2.42. The predicted molar refractivity (Wildman–Crippen MR) is 134 cm³/mol. The monoisotopic (exact) mass is 486 g/mol. The SMILES string of the molecule is Cc1ccc(C(=O)N2CC(C)CC(C)C2)cc1NCC(=O)Nc1cccc(S(=O)(=O)N(C)C)c1. The third-order valence-corrected chi connectivity index (χ3v) is 7.79. The van der Waals surface area contributed by atoms with Crippen LogP contribution >= 0.6 is 0 Å². The summed E-state index contributed by atoms with van der Waals surface area (Å²) in [7, 11) is -0.682. The van der Waals surface area contributed by atoms with Crippen LogP contribution in [0.5, 0.6) is 0 Å². The highest BCUT2D eigenvalue weighted by atomic mass is 32.2. The van der Waals surface area contributed by atoms with Crippen molar-refractivity contribution in [1.29, 1.82) is 0 Å². The summed E-state index contributed by atoms with van der Waals surface area (Å²) < 4.78 is 25.8. The Morgan fingerprint density at radius 3 is 2.38 bits per heavy atom. The summed E-state index contributed by atoms with van der Waals surface area (Å²) in [6.45, 7) is 7.73. The maximum atomic E-state index is 13.1. The van der Waals surface area contributed by atoms with Gasteiger partial charge in [-0.1, -0.05) is 26.0 Å². The van der Waals surface area contributed by atoms with Gasteiger partial charge in [-0.25, -0.2) is 12.7 Å². The van der Waals surface area contributed by atoms with Crippen LogP contribution < -0.4 is 10.6 Å². The van der Waals surface area contributed by atoms with Crippen molar-refractivity contribution in [2.75, 3.05) is 44.4 Å². The van der Waals surface area contributed by atoms with Gasteiger partial charge in [0.05, 0.1) is 11.4 Å². The van der Waals surface area contributed by atoms with Gasteiger partial charge in [-0.15, -0.1) is 0 Å². The molecule has 2 atom stereocenters. The van der Waals surface area contributed by atoms with Gasteiger partial charge in [0.15, 0.2) is 0 Å². The predicted octanol–water partition coefficient (Wildman–Crippen LogP) is 3.41. The van der Waals surface area contributed by atoms with E-state index in [2.05, 4.69) is 24.5 Å². The van der Waals surface area contributed by atoms with Crippen molar-refractivity contribution in [3.8, 4) is 0 Å². The molecule has 2 amide bonds. The van der Waals surface area contributed by atoms with Gasteiger partial charge >= 0.3 is 0 Å². The van der Waals surface area contributed by atoms with E-state index in [0.29, 0.717) is 28.8 Å². The fourth-order valence-electron chi connectivity index (χ4n) is 4.28. The number of nitrogens with one attached hydrogen (secondary N) is 2. The molecule has 0 radical (unpaired) electrons. The van der Waals surface area contributed by atoms with Crippen LogP contribution in [0.25, 0.3) is 0 Å². The van der Waals surface area contributed by atoms with Crippen molar-refractivity contribution in [2.24, 2.45) is 11.8 Å². The first-order valence-electron chi connectivity index (χ1n) is 11.4. The van der Waals surface area contributed by atoms with Crippen LogP contribution in [-0.4, -0.2) is 63.2 Å². The first kappa shape index (κ1) is 25.7. The normalized spacial score (nSPS) is 18.6. The van der Waals surface area contributed by atoms with Crippen LogP contribution in [0.3, 0.4) is 0 Å². The van der Waals surface area contributed by atoms with Crippen LogP contribution in [0.15, 0.2) is 47.4 Å². The van der Waals surface area contributed by atoms with E-state index in [-0.39, 0.29) is 23.3 Å². The van der Waals surface area contributed by atoms with Gasteiger partial charge in [-0.3, -0.25) is 9.59 Å². The minimum absolute atomic E-state index is 0.00446. The number of rotatable bonds is 7. The topological polar surface area (TPSA) is 98.8 Å². The average Bonchev–Trinajstić information content (AvgIpc) is 2.77. The van der Waals surface area contributed by atoms with E-state index in [9.17, 15) is 18.0 Å². The number of piperidine rings is 1. The van der Waals surface area contributed by atoms with Gasteiger partial charge in [0.2, 0.25) is 15.9 Å². The lowest BCUT2D eigenvalue weighted by Gasteiger charge is -2.35. The summed E-state index contributed by atoms with van der Waals surface area (Å²) in [6, 6.07) is 11.6. The molecule has 1 aliphatic heterocycles. The van der Waals surface area contributed by atoms with E-state index >= 15 is 0 Å². The van der Waals surface area contributed by atoms with Crippen LogP contribution in [0.2, 0.25) is 0 Å². The Hall–Kier alpha value is -2.91. The zero-order chi connectivity index (χ0) is 25.0. The number of benzene rings is 2. The summed E-state index contributed by atoms with van der Waals surface area (Å²) >= 11 is 0. The van der Waals surface area contributed by atoms with Crippen molar-refractivity contribution < 1.29 is 18.0 Å². The van der Waals surface area contributed by atoms with Crippen LogP contribution in [0.4, 0.5) is 11.4 Å². The van der Waals surface area contributed by atoms with E-state index in [1.165, 1.54) is 26.2 Å². The number of sulfonamides is 1. The number of nitrogens with zero attached hydrogens (tertiary/aromatic N) is 2. The molecule has 2 aromatic rings. The Bertz CT molecular complexity index is 1150. The molecule has 1 aliphatic rings. The van der Waals surface area contributed by atoms with Gasteiger partial charge in [-0.05, 0) is 61.1 Å². The molecule has 0 spiro atoms. The van der Waals surface area contributed by atoms with Crippen molar-refractivity contribution in [2.45, 2.75) is 32.1 Å². The van der Waals surface area contributed by atoms with Crippen molar-refractivity contribution >= 4 is 33.2 Å². The Morgan fingerprint density at radius 2 is 1.74 bits per heavy atom. The summed E-state index contributed by atoms with van der Waals surface area (Å²) in [6.07, 6.45) is 1.13. The number of likely N-dealkylation sites (tertiary alicyclic amines) is 1.